The van der Waals surface area contributed by atoms with Crippen LogP contribution in [0.25, 0.3) is 0 Å². The summed E-state index contributed by atoms with van der Waals surface area (Å²) in [6, 6.07) is 25.3. The Balaban J connectivity index is 1.50. The molecule has 7 nitrogen and oxygen atoms in total. The number of esters is 1. The molecule has 3 aromatic rings. The van der Waals surface area contributed by atoms with Gasteiger partial charge in [-0.2, -0.15) is 0 Å². The van der Waals surface area contributed by atoms with Gasteiger partial charge in [0.1, 0.15) is 23.3 Å². The Hall–Kier alpha value is -3.20. The van der Waals surface area contributed by atoms with Gasteiger partial charge in [-0.1, -0.05) is 90.5 Å². The number of ether oxygens (including phenoxy) is 2. The van der Waals surface area contributed by atoms with Crippen molar-refractivity contribution in [3.05, 3.63) is 102 Å². The molecule has 10 heteroatoms. The number of likely N-dealkylation sites (tertiary alicyclic amines) is 1. The molecule has 1 fully saturated rings. The Bertz CT molecular complexity index is 1240. The highest BCUT2D eigenvalue weighted by Crippen LogP contribution is 2.41. The van der Waals surface area contributed by atoms with Crippen molar-refractivity contribution in [1.29, 1.82) is 0 Å². The van der Waals surface area contributed by atoms with Crippen molar-refractivity contribution < 1.29 is 23.9 Å². The van der Waals surface area contributed by atoms with Crippen LogP contribution in [0, 0.1) is 0 Å². The summed E-state index contributed by atoms with van der Waals surface area (Å²) in [4.78, 5) is 40.7. The Labute approximate surface area is 241 Å². The minimum Gasteiger partial charge on any atom is -0.484 e. The molecule has 0 spiro atoms. The number of β-lactam (4-membered cyclic amide) rings is 1. The summed E-state index contributed by atoms with van der Waals surface area (Å²) < 4.78 is 10.5. The van der Waals surface area contributed by atoms with Gasteiger partial charge in [-0.05, 0) is 58.8 Å². The molecule has 3 aromatic carbocycles. The van der Waals surface area contributed by atoms with E-state index in [4.69, 9.17) is 31.8 Å². The highest BCUT2D eigenvalue weighted by atomic mass is 35.7. The first-order chi connectivity index (χ1) is 18.7. The number of carbonyl (C=O) groups excluding carboxylic acids is 3. The fraction of sp³-hybridized carbons (Fsp3) is 0.276. The second-order valence-corrected chi connectivity index (χ2v) is 11.6. The molecule has 0 radical (unpaired) electrons. The number of nitrogens with zero attached hydrogens (tertiary/aromatic N) is 1. The predicted molar refractivity (Wildman–Crippen MR) is 152 cm³/mol. The molecule has 3 atom stereocenters. The van der Waals surface area contributed by atoms with E-state index in [9.17, 15) is 14.4 Å². The van der Waals surface area contributed by atoms with E-state index >= 15 is 0 Å². The van der Waals surface area contributed by atoms with E-state index in [1.165, 1.54) is 4.90 Å². The number of amides is 2. The summed E-state index contributed by atoms with van der Waals surface area (Å²) in [5, 5.41) is 2.59. The Kier molecular flexibility index (Phi) is 9.43. The molecule has 4 rings (SSSR count). The Morgan fingerprint density at radius 1 is 0.949 bits per heavy atom. The van der Waals surface area contributed by atoms with Crippen LogP contribution < -0.4 is 10.1 Å². The maximum Gasteiger partial charge on any atom is 0.331 e. The van der Waals surface area contributed by atoms with Gasteiger partial charge >= 0.3 is 5.97 Å². The van der Waals surface area contributed by atoms with Gasteiger partial charge in [0.15, 0.2) is 12.7 Å². The van der Waals surface area contributed by atoms with Gasteiger partial charge in [-0.25, -0.2) is 4.79 Å². The molecule has 204 valence electrons. The van der Waals surface area contributed by atoms with Crippen molar-refractivity contribution >= 4 is 51.0 Å². The molecule has 3 unspecified atom stereocenters. The molecule has 0 aromatic heterocycles. The van der Waals surface area contributed by atoms with E-state index in [0.29, 0.717) is 5.75 Å². The van der Waals surface area contributed by atoms with E-state index in [2.05, 4.69) is 5.32 Å². The number of hydrogen-bond acceptors (Lipinski definition) is 6. The Morgan fingerprint density at radius 3 is 1.95 bits per heavy atom. The van der Waals surface area contributed by atoms with Crippen molar-refractivity contribution in [3.8, 4) is 5.75 Å². The molecule has 0 saturated carbocycles. The van der Waals surface area contributed by atoms with Gasteiger partial charge in [-0.15, -0.1) is 0 Å². The number of para-hydroxylation sites is 1. The second-order valence-electron chi connectivity index (χ2n) is 9.49. The van der Waals surface area contributed by atoms with Crippen LogP contribution in [0.3, 0.4) is 0 Å². The number of nitrogens with one attached hydrogen (secondary N) is 1. The average Bonchev–Trinajstić information content (AvgIpc) is 2.97. The monoisotopic (exact) mass is 586 g/mol. The SMILES string of the molecule is CC(C)(SCl)C(C(=O)OC(c1ccccc1)c1ccccc1)N1C(=O)C(NC(=O)COc2ccccc2)C1Cl. The van der Waals surface area contributed by atoms with Crippen molar-refractivity contribution in [1.82, 2.24) is 10.2 Å². The van der Waals surface area contributed by atoms with Gasteiger partial charge in [0.25, 0.3) is 11.8 Å². The van der Waals surface area contributed by atoms with Crippen molar-refractivity contribution in [2.45, 2.75) is 42.3 Å². The van der Waals surface area contributed by atoms with Gasteiger partial charge < -0.3 is 19.7 Å². The van der Waals surface area contributed by atoms with Crippen LogP contribution in [0.2, 0.25) is 0 Å². The lowest BCUT2D eigenvalue weighted by molar-refractivity contribution is -0.169. The number of rotatable bonds is 11. The van der Waals surface area contributed by atoms with Crippen LogP contribution in [0.1, 0.15) is 31.1 Å². The summed E-state index contributed by atoms with van der Waals surface area (Å²) in [5.74, 6) is -1.17. The minimum atomic E-state index is -1.13. The second kappa shape index (κ2) is 12.8. The van der Waals surface area contributed by atoms with Crippen LogP contribution in [-0.4, -0.2) is 51.6 Å². The minimum absolute atomic E-state index is 0.290. The highest BCUT2D eigenvalue weighted by molar-refractivity contribution is 8.22. The lowest BCUT2D eigenvalue weighted by Crippen LogP contribution is -2.75. The largest absolute Gasteiger partial charge is 0.484 e. The molecule has 2 amide bonds. The molecule has 1 saturated heterocycles. The smallest absolute Gasteiger partial charge is 0.331 e. The molecule has 1 aliphatic heterocycles. The molecule has 0 bridgehead atoms. The van der Waals surface area contributed by atoms with E-state index < -0.39 is 46.2 Å². The fourth-order valence-corrected chi connectivity index (χ4v) is 5.23. The molecule has 1 N–H and O–H groups in total. The number of carbonyl (C=O) groups is 3. The molecular formula is C29H28Cl2N2O5S. The third-order valence-electron chi connectivity index (χ3n) is 6.29. The number of benzene rings is 3. The predicted octanol–water partition coefficient (Wildman–Crippen LogP) is 5.32. The van der Waals surface area contributed by atoms with Crippen LogP contribution >= 0.6 is 33.3 Å². The van der Waals surface area contributed by atoms with E-state index in [1.807, 2.05) is 66.7 Å². The topological polar surface area (TPSA) is 84.9 Å². The van der Waals surface area contributed by atoms with Gasteiger partial charge in [0.05, 0.1) is 4.75 Å². The average molecular weight is 588 g/mol. The fourth-order valence-electron chi connectivity index (χ4n) is 4.30. The molecule has 39 heavy (non-hydrogen) atoms. The van der Waals surface area contributed by atoms with Crippen LogP contribution in [-0.2, 0) is 19.1 Å². The zero-order chi connectivity index (χ0) is 28.0. The number of hydrogen-bond donors (Lipinski definition) is 1. The zero-order valence-electron chi connectivity index (χ0n) is 21.3. The van der Waals surface area contributed by atoms with E-state index in [-0.39, 0.29) is 6.61 Å². The lowest BCUT2D eigenvalue weighted by Gasteiger charge is -2.50. The van der Waals surface area contributed by atoms with Gasteiger partial charge in [-0.3, -0.25) is 9.59 Å². The standard InChI is InChI=1S/C29H28Cl2N2O5S/c1-29(2,39-31)25(28(36)38-24(19-12-6-3-7-13-19)20-14-8-4-9-15-20)33-26(30)23(27(33)35)32-22(34)18-37-21-16-10-5-11-17-21/h3-17,23-26H,18H2,1-2H3,(H,32,34). The Morgan fingerprint density at radius 2 is 1.46 bits per heavy atom. The van der Waals surface area contributed by atoms with E-state index in [0.717, 1.165) is 22.1 Å². The van der Waals surface area contributed by atoms with Gasteiger partial charge in [0.2, 0.25) is 0 Å². The molecule has 1 heterocycles. The zero-order valence-corrected chi connectivity index (χ0v) is 23.7. The first-order valence-corrected chi connectivity index (χ1v) is 14.3. The first kappa shape index (κ1) is 28.8. The van der Waals surface area contributed by atoms with Crippen molar-refractivity contribution in [3.63, 3.8) is 0 Å². The summed E-state index contributed by atoms with van der Waals surface area (Å²) in [6.07, 6.45) is -0.714. The van der Waals surface area contributed by atoms with Crippen LogP contribution in [0.15, 0.2) is 91.0 Å². The van der Waals surface area contributed by atoms with Crippen molar-refractivity contribution in [2.24, 2.45) is 0 Å². The summed E-state index contributed by atoms with van der Waals surface area (Å²) >= 11 is 6.60. The summed E-state index contributed by atoms with van der Waals surface area (Å²) in [7, 11) is 7.08. The van der Waals surface area contributed by atoms with Crippen molar-refractivity contribution in [2.75, 3.05) is 6.61 Å². The summed E-state index contributed by atoms with van der Waals surface area (Å²) in [5.41, 5.74) is 0.548. The molecular weight excluding hydrogens is 559 g/mol. The third-order valence-corrected chi connectivity index (χ3v) is 8.56. The number of alkyl halides is 1. The maximum absolute atomic E-state index is 13.8. The quantitative estimate of drug-likeness (QED) is 0.141. The van der Waals surface area contributed by atoms with Crippen LogP contribution in [0.4, 0.5) is 0 Å². The van der Waals surface area contributed by atoms with Crippen LogP contribution in [0.5, 0.6) is 5.75 Å². The maximum atomic E-state index is 13.8. The molecule has 1 aliphatic rings. The van der Waals surface area contributed by atoms with E-state index in [1.54, 1.807) is 38.1 Å². The highest BCUT2D eigenvalue weighted by Gasteiger charge is 2.57. The lowest BCUT2D eigenvalue weighted by atomic mass is 9.94. The number of halogens is 2. The summed E-state index contributed by atoms with van der Waals surface area (Å²) in [6.45, 7) is 3.17. The van der Waals surface area contributed by atoms with Gasteiger partial charge in [0, 0.05) is 0 Å². The molecule has 0 aliphatic carbocycles. The normalized spacial score (nSPS) is 17.8. The third kappa shape index (κ3) is 6.69. The first-order valence-electron chi connectivity index (χ1n) is 12.3.